The highest BCUT2D eigenvalue weighted by Gasteiger charge is 2.31. The number of rotatable bonds is 5. The minimum Gasteiger partial charge on any atom is -0.352 e. The molecule has 1 aliphatic carbocycles. The molecule has 2 unspecified atom stereocenters. The van der Waals surface area contributed by atoms with E-state index in [1.165, 1.54) is 19.3 Å². The van der Waals surface area contributed by atoms with Crippen LogP contribution in [0, 0.1) is 5.92 Å². The summed E-state index contributed by atoms with van der Waals surface area (Å²) < 4.78 is 0. The average Bonchev–Trinajstić information content (AvgIpc) is 2.95. The molecule has 16 heavy (non-hydrogen) atoms. The summed E-state index contributed by atoms with van der Waals surface area (Å²) in [6.45, 7) is 5.21. The van der Waals surface area contributed by atoms with Crippen LogP contribution in [0.2, 0.25) is 0 Å². The first-order valence-corrected chi connectivity index (χ1v) is 6.39. The number of carbonyl (C=O) groups excluding carboxylic acids is 1. The van der Waals surface area contributed by atoms with Crippen LogP contribution in [0.5, 0.6) is 0 Å². The number of likely N-dealkylation sites (tertiary alicyclic amines) is 1. The Morgan fingerprint density at radius 2 is 2.19 bits per heavy atom. The fourth-order valence-corrected chi connectivity index (χ4v) is 2.38. The number of nitrogens with zero attached hydrogens (tertiary/aromatic N) is 1. The van der Waals surface area contributed by atoms with Crippen LogP contribution in [0.15, 0.2) is 0 Å². The fraction of sp³-hybridized carbons (Fsp3) is 0.917. The molecule has 1 saturated heterocycles. The van der Waals surface area contributed by atoms with Crippen LogP contribution in [-0.2, 0) is 4.79 Å². The van der Waals surface area contributed by atoms with Gasteiger partial charge in [-0.25, -0.2) is 0 Å². The second kappa shape index (κ2) is 5.15. The van der Waals surface area contributed by atoms with Crippen LogP contribution in [-0.4, -0.2) is 49.6 Å². The van der Waals surface area contributed by atoms with E-state index >= 15 is 0 Å². The maximum absolute atomic E-state index is 11.9. The van der Waals surface area contributed by atoms with Gasteiger partial charge in [-0.2, -0.15) is 0 Å². The molecular formula is C12H23N3O. The van der Waals surface area contributed by atoms with Gasteiger partial charge in [-0.1, -0.05) is 0 Å². The Bertz CT molecular complexity index is 253. The minimum atomic E-state index is 0.0439. The minimum absolute atomic E-state index is 0.0439. The molecule has 2 rings (SSSR count). The molecule has 1 aliphatic heterocycles. The Labute approximate surface area is 97.8 Å². The SMILES string of the molecule is CNCC1CCN(C(C)C(=O)NC2CC2)C1. The first kappa shape index (κ1) is 11.9. The van der Waals surface area contributed by atoms with Gasteiger partial charge in [0.1, 0.15) is 0 Å². The lowest BCUT2D eigenvalue weighted by molar-refractivity contribution is -0.125. The predicted molar refractivity (Wildman–Crippen MR) is 64.2 cm³/mol. The number of amides is 1. The molecule has 0 radical (unpaired) electrons. The van der Waals surface area contributed by atoms with Gasteiger partial charge in [-0.15, -0.1) is 0 Å². The summed E-state index contributed by atoms with van der Waals surface area (Å²) in [4.78, 5) is 14.2. The second-order valence-corrected chi connectivity index (χ2v) is 5.17. The van der Waals surface area contributed by atoms with E-state index in [1.54, 1.807) is 0 Å². The summed E-state index contributed by atoms with van der Waals surface area (Å²) in [5.41, 5.74) is 0. The third-order valence-corrected chi connectivity index (χ3v) is 3.66. The van der Waals surface area contributed by atoms with E-state index in [4.69, 9.17) is 0 Å². The molecule has 0 spiro atoms. The molecule has 0 bridgehead atoms. The van der Waals surface area contributed by atoms with E-state index in [0.717, 1.165) is 19.6 Å². The zero-order valence-electron chi connectivity index (χ0n) is 10.3. The second-order valence-electron chi connectivity index (χ2n) is 5.17. The molecule has 0 aromatic heterocycles. The van der Waals surface area contributed by atoms with Crippen LogP contribution in [0.3, 0.4) is 0 Å². The topological polar surface area (TPSA) is 44.4 Å². The van der Waals surface area contributed by atoms with Crippen molar-refractivity contribution in [2.45, 2.75) is 38.3 Å². The molecular weight excluding hydrogens is 202 g/mol. The molecule has 4 heteroatoms. The number of hydrogen-bond acceptors (Lipinski definition) is 3. The van der Waals surface area contributed by atoms with Crippen LogP contribution in [0.1, 0.15) is 26.2 Å². The Morgan fingerprint density at radius 3 is 2.81 bits per heavy atom. The van der Waals surface area contributed by atoms with Crippen molar-refractivity contribution in [1.82, 2.24) is 15.5 Å². The van der Waals surface area contributed by atoms with Gasteiger partial charge in [-0.3, -0.25) is 9.69 Å². The molecule has 2 atom stereocenters. The first-order valence-electron chi connectivity index (χ1n) is 6.39. The maximum atomic E-state index is 11.9. The van der Waals surface area contributed by atoms with Gasteiger partial charge < -0.3 is 10.6 Å². The third-order valence-electron chi connectivity index (χ3n) is 3.66. The van der Waals surface area contributed by atoms with Crippen molar-refractivity contribution in [3.8, 4) is 0 Å². The molecule has 2 N–H and O–H groups in total. The van der Waals surface area contributed by atoms with E-state index in [1.807, 2.05) is 14.0 Å². The normalized spacial score (nSPS) is 28.0. The average molecular weight is 225 g/mol. The maximum Gasteiger partial charge on any atom is 0.237 e. The van der Waals surface area contributed by atoms with Crippen molar-refractivity contribution < 1.29 is 4.79 Å². The van der Waals surface area contributed by atoms with Crippen molar-refractivity contribution in [1.29, 1.82) is 0 Å². The van der Waals surface area contributed by atoms with E-state index < -0.39 is 0 Å². The van der Waals surface area contributed by atoms with Crippen molar-refractivity contribution >= 4 is 5.91 Å². The highest BCUT2D eigenvalue weighted by Crippen LogP contribution is 2.21. The molecule has 92 valence electrons. The molecule has 0 aromatic carbocycles. The Balaban J connectivity index is 1.76. The largest absolute Gasteiger partial charge is 0.352 e. The lowest BCUT2D eigenvalue weighted by Crippen LogP contribution is -2.45. The summed E-state index contributed by atoms with van der Waals surface area (Å²) in [6, 6.07) is 0.521. The van der Waals surface area contributed by atoms with Gasteiger partial charge in [0.15, 0.2) is 0 Å². The van der Waals surface area contributed by atoms with Crippen molar-refractivity contribution in [3.63, 3.8) is 0 Å². The zero-order valence-corrected chi connectivity index (χ0v) is 10.3. The number of hydrogen-bond donors (Lipinski definition) is 2. The van der Waals surface area contributed by atoms with Gasteiger partial charge in [0.25, 0.3) is 0 Å². The smallest absolute Gasteiger partial charge is 0.237 e. The lowest BCUT2D eigenvalue weighted by atomic mass is 10.1. The summed E-state index contributed by atoms with van der Waals surface area (Å²) in [7, 11) is 1.99. The Morgan fingerprint density at radius 1 is 1.44 bits per heavy atom. The zero-order chi connectivity index (χ0) is 11.5. The Hall–Kier alpha value is -0.610. The Kier molecular flexibility index (Phi) is 3.82. The first-order chi connectivity index (χ1) is 7.70. The number of carbonyl (C=O) groups is 1. The van der Waals surface area contributed by atoms with Crippen molar-refractivity contribution in [2.75, 3.05) is 26.7 Å². The van der Waals surface area contributed by atoms with Crippen molar-refractivity contribution in [2.24, 2.45) is 5.92 Å². The summed E-state index contributed by atoms with van der Waals surface area (Å²) in [5.74, 6) is 0.925. The molecule has 1 amide bonds. The summed E-state index contributed by atoms with van der Waals surface area (Å²) >= 11 is 0. The standard InChI is InChI=1S/C12H23N3O/c1-9(12(16)14-11-3-4-11)15-6-5-10(8-15)7-13-2/h9-11,13H,3-8H2,1-2H3,(H,14,16). The molecule has 4 nitrogen and oxygen atoms in total. The van der Waals surface area contributed by atoms with Crippen LogP contribution in [0.4, 0.5) is 0 Å². The van der Waals surface area contributed by atoms with Crippen molar-refractivity contribution in [3.05, 3.63) is 0 Å². The molecule has 1 saturated carbocycles. The highest BCUT2D eigenvalue weighted by atomic mass is 16.2. The van der Waals surface area contributed by atoms with Gasteiger partial charge in [0, 0.05) is 12.6 Å². The van der Waals surface area contributed by atoms with Gasteiger partial charge in [0.05, 0.1) is 6.04 Å². The van der Waals surface area contributed by atoms with Crippen LogP contribution >= 0.6 is 0 Å². The monoisotopic (exact) mass is 225 g/mol. The van der Waals surface area contributed by atoms with E-state index in [2.05, 4.69) is 15.5 Å². The van der Waals surface area contributed by atoms with Gasteiger partial charge >= 0.3 is 0 Å². The molecule has 2 aliphatic rings. The molecule has 2 fully saturated rings. The predicted octanol–water partition coefficient (Wildman–Crippen LogP) is 0.195. The van der Waals surface area contributed by atoms with E-state index in [-0.39, 0.29) is 11.9 Å². The van der Waals surface area contributed by atoms with Crippen LogP contribution in [0.25, 0.3) is 0 Å². The lowest BCUT2D eigenvalue weighted by Gasteiger charge is -2.23. The third kappa shape index (κ3) is 2.95. The molecule has 0 aromatic rings. The molecule has 1 heterocycles. The van der Waals surface area contributed by atoms with Gasteiger partial charge in [-0.05, 0) is 52.2 Å². The highest BCUT2D eigenvalue weighted by molar-refractivity contribution is 5.81. The number of nitrogens with one attached hydrogen (secondary N) is 2. The summed E-state index contributed by atoms with van der Waals surface area (Å²) in [6.07, 6.45) is 3.55. The summed E-state index contributed by atoms with van der Waals surface area (Å²) in [5, 5.41) is 6.29. The van der Waals surface area contributed by atoms with E-state index in [0.29, 0.717) is 12.0 Å². The van der Waals surface area contributed by atoms with E-state index in [9.17, 15) is 4.79 Å². The van der Waals surface area contributed by atoms with Gasteiger partial charge in [0.2, 0.25) is 5.91 Å². The quantitative estimate of drug-likeness (QED) is 0.702. The fourth-order valence-electron chi connectivity index (χ4n) is 2.38. The van der Waals surface area contributed by atoms with Crippen LogP contribution < -0.4 is 10.6 Å².